The Morgan fingerprint density at radius 1 is 1.11 bits per heavy atom. The summed E-state index contributed by atoms with van der Waals surface area (Å²) in [7, 11) is 1.16. The summed E-state index contributed by atoms with van der Waals surface area (Å²) >= 11 is 0. The van der Waals surface area contributed by atoms with Gasteiger partial charge in [-0.2, -0.15) is 4.98 Å². The van der Waals surface area contributed by atoms with Crippen molar-refractivity contribution in [2.24, 2.45) is 0 Å². The monoisotopic (exact) mass is 519 g/mol. The Morgan fingerprint density at radius 2 is 1.87 bits per heavy atom. The number of nitrogens with one attached hydrogen (secondary N) is 1. The van der Waals surface area contributed by atoms with Gasteiger partial charge in [0.2, 0.25) is 5.82 Å². The number of benzene rings is 2. The molecule has 2 amide bonds. The molecule has 1 aliphatic rings. The Kier molecular flexibility index (Phi) is 6.45. The maximum Gasteiger partial charge on any atom is 0.397 e. The standard InChI is InChI=1S/C26H22FN5O6/c1-14-13-31(24(34)15-6-4-3-5-7-15)10-11-32(14)25(35)21(33)17-12-28-20-16(8-9-18(27)19(17)20)22-29-23(38-30-22)26(36)37-2/h3-9,12,14,28H,10-11,13H2,1-2H3/t14-/m1/s1. The van der Waals surface area contributed by atoms with Crippen LogP contribution in [0.15, 0.2) is 53.2 Å². The third-order valence-corrected chi connectivity index (χ3v) is 6.45. The summed E-state index contributed by atoms with van der Waals surface area (Å²) in [5, 5.41) is 3.61. The number of hydrogen-bond acceptors (Lipinski definition) is 8. The minimum atomic E-state index is -0.898. The molecule has 1 N–H and O–H groups in total. The highest BCUT2D eigenvalue weighted by molar-refractivity contribution is 6.45. The number of halogens is 1. The molecule has 2 aromatic carbocycles. The fourth-order valence-electron chi connectivity index (χ4n) is 4.53. The highest BCUT2D eigenvalue weighted by Gasteiger charge is 2.35. The minimum absolute atomic E-state index is 0.0320. The van der Waals surface area contributed by atoms with Crippen molar-refractivity contribution in [1.82, 2.24) is 24.9 Å². The van der Waals surface area contributed by atoms with Crippen LogP contribution in [0.5, 0.6) is 0 Å². The number of aromatic nitrogens is 3. The highest BCUT2D eigenvalue weighted by atomic mass is 19.1. The Labute approximate surface area is 215 Å². The summed E-state index contributed by atoms with van der Waals surface area (Å²) in [6, 6.07) is 10.8. The Balaban J connectivity index is 1.38. The van der Waals surface area contributed by atoms with Gasteiger partial charge in [0.15, 0.2) is 0 Å². The van der Waals surface area contributed by atoms with Gasteiger partial charge in [0.05, 0.1) is 18.2 Å². The third-order valence-electron chi connectivity index (χ3n) is 6.45. The molecular formula is C26H22FN5O6. The molecule has 3 heterocycles. The molecule has 194 valence electrons. The van der Waals surface area contributed by atoms with E-state index in [0.29, 0.717) is 5.56 Å². The van der Waals surface area contributed by atoms with Crippen molar-refractivity contribution in [3.05, 3.63) is 71.5 Å². The summed E-state index contributed by atoms with van der Waals surface area (Å²) in [6.45, 7) is 2.40. The van der Waals surface area contributed by atoms with E-state index in [1.54, 1.807) is 36.1 Å². The van der Waals surface area contributed by atoms with Crippen LogP contribution >= 0.6 is 0 Å². The second-order valence-electron chi connectivity index (χ2n) is 8.76. The van der Waals surface area contributed by atoms with Gasteiger partial charge in [0, 0.05) is 48.4 Å². The predicted molar refractivity (Wildman–Crippen MR) is 131 cm³/mol. The van der Waals surface area contributed by atoms with Crippen molar-refractivity contribution in [1.29, 1.82) is 0 Å². The van der Waals surface area contributed by atoms with Crippen molar-refractivity contribution in [3.8, 4) is 11.4 Å². The van der Waals surface area contributed by atoms with Gasteiger partial charge in [-0.05, 0) is 31.2 Å². The van der Waals surface area contributed by atoms with E-state index in [1.165, 1.54) is 17.2 Å². The van der Waals surface area contributed by atoms with Crippen molar-refractivity contribution < 1.29 is 32.8 Å². The fourth-order valence-corrected chi connectivity index (χ4v) is 4.53. The third kappa shape index (κ3) is 4.29. The maximum absolute atomic E-state index is 14.9. The van der Waals surface area contributed by atoms with Crippen LogP contribution in [0, 0.1) is 5.82 Å². The second-order valence-corrected chi connectivity index (χ2v) is 8.76. The number of H-pyrrole nitrogens is 1. The van der Waals surface area contributed by atoms with Crippen LogP contribution < -0.4 is 0 Å². The normalized spacial score (nSPS) is 15.5. The minimum Gasteiger partial charge on any atom is -0.462 e. The van der Waals surface area contributed by atoms with Crippen molar-refractivity contribution >= 4 is 34.5 Å². The summed E-state index contributed by atoms with van der Waals surface area (Å²) in [5.74, 6) is -3.85. The number of aromatic amines is 1. The molecule has 0 aliphatic carbocycles. The smallest absolute Gasteiger partial charge is 0.397 e. The number of piperazine rings is 1. The van der Waals surface area contributed by atoms with Crippen molar-refractivity contribution in [2.75, 3.05) is 26.7 Å². The number of rotatable bonds is 5. The summed E-state index contributed by atoms with van der Waals surface area (Å²) in [5.41, 5.74) is 0.801. The van der Waals surface area contributed by atoms with E-state index in [0.717, 1.165) is 13.2 Å². The molecule has 11 nitrogen and oxygen atoms in total. The maximum atomic E-state index is 14.9. The number of amides is 2. The average molecular weight is 519 g/mol. The number of carbonyl (C=O) groups excluding carboxylic acids is 4. The van der Waals surface area contributed by atoms with E-state index >= 15 is 0 Å². The van der Waals surface area contributed by atoms with Crippen LogP contribution in [0.25, 0.3) is 22.3 Å². The molecule has 2 aromatic heterocycles. The molecule has 1 aliphatic heterocycles. The van der Waals surface area contributed by atoms with Crippen molar-refractivity contribution in [3.63, 3.8) is 0 Å². The molecule has 1 atom stereocenters. The number of esters is 1. The number of methoxy groups -OCH3 is 1. The zero-order valence-corrected chi connectivity index (χ0v) is 20.4. The molecule has 0 radical (unpaired) electrons. The van der Waals surface area contributed by atoms with E-state index in [2.05, 4.69) is 19.9 Å². The first-order valence-electron chi connectivity index (χ1n) is 11.7. The molecule has 0 saturated carbocycles. The van der Waals surface area contributed by atoms with Gasteiger partial charge in [0.1, 0.15) is 5.82 Å². The molecule has 5 rings (SSSR count). The molecule has 12 heteroatoms. The first-order chi connectivity index (χ1) is 18.3. The van der Waals surface area contributed by atoms with Crippen LogP contribution in [-0.4, -0.2) is 81.3 Å². The molecule has 1 fully saturated rings. The van der Waals surface area contributed by atoms with Crippen LogP contribution in [0.3, 0.4) is 0 Å². The molecular weight excluding hydrogens is 497 g/mol. The lowest BCUT2D eigenvalue weighted by Crippen LogP contribution is -2.56. The lowest BCUT2D eigenvalue weighted by atomic mass is 10.0. The molecule has 0 bridgehead atoms. The van der Waals surface area contributed by atoms with Gasteiger partial charge in [-0.3, -0.25) is 14.4 Å². The van der Waals surface area contributed by atoms with Crippen LogP contribution in [0.1, 0.15) is 38.3 Å². The molecule has 1 saturated heterocycles. The number of carbonyl (C=O) groups is 4. The first kappa shape index (κ1) is 24.8. The second kappa shape index (κ2) is 9.88. The SMILES string of the molecule is COC(=O)c1nc(-c2ccc(F)c3c(C(=O)C(=O)N4CCN(C(=O)c5ccccc5)C[C@H]4C)c[nH]c23)no1. The number of fused-ring (bicyclic) bond motifs is 1. The van der Waals surface area contributed by atoms with Crippen LogP contribution in [-0.2, 0) is 9.53 Å². The number of hydrogen-bond donors (Lipinski definition) is 1. The van der Waals surface area contributed by atoms with E-state index in [4.69, 9.17) is 4.52 Å². The van der Waals surface area contributed by atoms with Gasteiger partial charge >= 0.3 is 11.9 Å². The lowest BCUT2D eigenvalue weighted by molar-refractivity contribution is -0.130. The number of nitrogens with zero attached hydrogens (tertiary/aromatic N) is 4. The van der Waals surface area contributed by atoms with Gasteiger partial charge in [-0.1, -0.05) is 23.4 Å². The van der Waals surface area contributed by atoms with Gasteiger partial charge < -0.3 is 24.0 Å². The van der Waals surface area contributed by atoms with Gasteiger partial charge in [0.25, 0.3) is 17.6 Å². The fraction of sp³-hybridized carbons (Fsp3) is 0.231. The van der Waals surface area contributed by atoms with Crippen LogP contribution in [0.4, 0.5) is 4.39 Å². The summed E-state index contributed by atoms with van der Waals surface area (Å²) in [4.78, 5) is 60.7. The van der Waals surface area contributed by atoms with Crippen LogP contribution in [0.2, 0.25) is 0 Å². The predicted octanol–water partition coefficient (Wildman–Crippen LogP) is 2.70. The molecule has 0 unspecified atom stereocenters. The Morgan fingerprint density at radius 3 is 2.58 bits per heavy atom. The van der Waals surface area contributed by atoms with E-state index in [1.807, 2.05) is 6.07 Å². The lowest BCUT2D eigenvalue weighted by Gasteiger charge is -2.39. The van der Waals surface area contributed by atoms with Crippen molar-refractivity contribution in [2.45, 2.75) is 13.0 Å². The molecule has 0 spiro atoms. The highest BCUT2D eigenvalue weighted by Crippen LogP contribution is 2.31. The molecule has 4 aromatic rings. The number of ether oxygens (including phenoxy) is 1. The zero-order valence-electron chi connectivity index (χ0n) is 20.4. The number of ketones is 1. The van der Waals surface area contributed by atoms with E-state index in [-0.39, 0.29) is 53.4 Å². The summed E-state index contributed by atoms with van der Waals surface area (Å²) in [6.07, 6.45) is 1.25. The summed E-state index contributed by atoms with van der Waals surface area (Å²) < 4.78 is 24.4. The topological polar surface area (TPSA) is 139 Å². The Hall–Kier alpha value is -4.87. The Bertz CT molecular complexity index is 1560. The molecule has 38 heavy (non-hydrogen) atoms. The largest absolute Gasteiger partial charge is 0.462 e. The quantitative estimate of drug-likeness (QED) is 0.241. The number of Topliss-reactive ketones (excluding diaryl/α,β-unsaturated/α-hetero) is 1. The van der Waals surface area contributed by atoms with Gasteiger partial charge in [-0.15, -0.1) is 0 Å². The zero-order chi connectivity index (χ0) is 27.0. The van der Waals surface area contributed by atoms with E-state index in [9.17, 15) is 23.6 Å². The first-order valence-corrected chi connectivity index (χ1v) is 11.7. The average Bonchev–Trinajstić information content (AvgIpc) is 3.61. The van der Waals surface area contributed by atoms with Gasteiger partial charge in [-0.25, -0.2) is 9.18 Å². The van der Waals surface area contributed by atoms with E-state index < -0.39 is 35.4 Å².